The molecule has 0 saturated carbocycles. The molecule has 0 amide bonds. The molecule has 2 aliphatic heterocycles. The van der Waals surface area contributed by atoms with Crippen molar-refractivity contribution in [3.05, 3.63) is 18.0 Å². The van der Waals surface area contributed by atoms with Crippen LogP contribution >= 0.6 is 0 Å². The van der Waals surface area contributed by atoms with E-state index in [0.29, 0.717) is 26.1 Å². The van der Waals surface area contributed by atoms with Gasteiger partial charge in [-0.2, -0.15) is 5.10 Å². The largest absolute Gasteiger partial charge is 0.385 e. The highest BCUT2D eigenvalue weighted by Crippen LogP contribution is 2.36. The number of nitrogens with one attached hydrogen (secondary N) is 1. The summed E-state index contributed by atoms with van der Waals surface area (Å²) >= 11 is 0. The molecular weight excluding hydrogens is 218 g/mol. The first kappa shape index (κ1) is 11.2. The van der Waals surface area contributed by atoms with Gasteiger partial charge in [0, 0.05) is 30.4 Å². The molecular formula is C12H19N3O2. The van der Waals surface area contributed by atoms with Crippen LogP contribution in [0.1, 0.15) is 25.3 Å². The van der Waals surface area contributed by atoms with Crippen molar-refractivity contribution in [3.63, 3.8) is 0 Å². The predicted octanol–water partition coefficient (Wildman–Crippen LogP) is 0.241. The zero-order valence-corrected chi connectivity index (χ0v) is 10.1. The van der Waals surface area contributed by atoms with Gasteiger partial charge in [0.2, 0.25) is 0 Å². The third kappa shape index (κ3) is 1.99. The molecule has 3 heterocycles. The maximum atomic E-state index is 10.8. The first-order valence-corrected chi connectivity index (χ1v) is 6.29. The van der Waals surface area contributed by atoms with Gasteiger partial charge in [-0.1, -0.05) is 0 Å². The van der Waals surface area contributed by atoms with Crippen molar-refractivity contribution in [1.29, 1.82) is 0 Å². The maximum Gasteiger partial charge on any atom is 0.0958 e. The Bertz CT molecular complexity index is 392. The summed E-state index contributed by atoms with van der Waals surface area (Å²) in [5, 5.41) is 18.5. The zero-order chi connectivity index (χ0) is 11.9. The second kappa shape index (κ2) is 4.08. The normalized spacial score (nSPS) is 37.1. The summed E-state index contributed by atoms with van der Waals surface area (Å²) in [5.74, 6) is 0. The van der Waals surface area contributed by atoms with Crippen molar-refractivity contribution in [2.75, 3.05) is 13.2 Å². The minimum Gasteiger partial charge on any atom is -0.385 e. The summed E-state index contributed by atoms with van der Waals surface area (Å²) in [7, 11) is 0. The first-order valence-electron chi connectivity index (χ1n) is 6.29. The van der Waals surface area contributed by atoms with Crippen molar-refractivity contribution in [3.8, 4) is 0 Å². The monoisotopic (exact) mass is 237 g/mol. The molecule has 3 rings (SSSR count). The summed E-state index contributed by atoms with van der Waals surface area (Å²) in [5.41, 5.74) is 0.204. The summed E-state index contributed by atoms with van der Waals surface area (Å²) in [6.45, 7) is 4.28. The molecule has 2 atom stereocenters. The minimum absolute atomic E-state index is 0.262. The molecule has 0 spiro atoms. The number of fused-ring (bicyclic) bond motifs is 2. The van der Waals surface area contributed by atoms with Crippen LogP contribution in [0, 0.1) is 0 Å². The van der Waals surface area contributed by atoms with E-state index in [4.69, 9.17) is 4.74 Å². The lowest BCUT2D eigenvalue weighted by Crippen LogP contribution is -2.58. The Balaban J connectivity index is 1.85. The van der Waals surface area contributed by atoms with Gasteiger partial charge in [0.05, 0.1) is 25.0 Å². The highest BCUT2D eigenvalue weighted by atomic mass is 16.5. The van der Waals surface area contributed by atoms with Crippen molar-refractivity contribution in [2.45, 2.75) is 44.0 Å². The van der Waals surface area contributed by atoms with Gasteiger partial charge in [-0.3, -0.25) is 4.68 Å². The Morgan fingerprint density at radius 3 is 2.82 bits per heavy atom. The summed E-state index contributed by atoms with van der Waals surface area (Å²) in [6, 6.07) is 0.523. The quantitative estimate of drug-likeness (QED) is 0.773. The van der Waals surface area contributed by atoms with Gasteiger partial charge < -0.3 is 15.2 Å². The van der Waals surface area contributed by atoms with E-state index in [1.165, 1.54) is 0 Å². The van der Waals surface area contributed by atoms with Gasteiger partial charge in [-0.05, 0) is 19.8 Å². The number of hydrogen-bond acceptors (Lipinski definition) is 4. The molecule has 0 aromatic carbocycles. The van der Waals surface area contributed by atoms with E-state index in [9.17, 15) is 5.11 Å². The van der Waals surface area contributed by atoms with E-state index >= 15 is 0 Å². The summed E-state index contributed by atoms with van der Waals surface area (Å²) in [6.07, 6.45) is 5.17. The summed E-state index contributed by atoms with van der Waals surface area (Å²) < 4.78 is 7.36. The smallest absolute Gasteiger partial charge is 0.0958 e. The molecule has 1 aromatic rings. The predicted molar refractivity (Wildman–Crippen MR) is 62.6 cm³/mol. The number of aromatic nitrogens is 2. The molecule has 5 heteroatoms. The topological polar surface area (TPSA) is 59.3 Å². The fourth-order valence-electron chi connectivity index (χ4n) is 2.93. The fraction of sp³-hybridized carbons (Fsp3) is 0.750. The average Bonchev–Trinajstić information content (AvgIpc) is 2.77. The Hall–Kier alpha value is -0.910. The van der Waals surface area contributed by atoms with Crippen LogP contribution in [-0.4, -0.2) is 40.2 Å². The molecule has 17 heavy (non-hydrogen) atoms. The lowest BCUT2D eigenvalue weighted by Gasteiger charge is -2.44. The Morgan fingerprint density at radius 2 is 2.24 bits per heavy atom. The van der Waals surface area contributed by atoms with Crippen LogP contribution in [0.25, 0.3) is 0 Å². The number of hydrogen-bond donors (Lipinski definition) is 2. The van der Waals surface area contributed by atoms with Crippen LogP contribution < -0.4 is 5.32 Å². The van der Waals surface area contributed by atoms with E-state index in [2.05, 4.69) is 10.4 Å². The van der Waals surface area contributed by atoms with Gasteiger partial charge in [-0.15, -0.1) is 0 Å². The van der Waals surface area contributed by atoms with Gasteiger partial charge in [-0.25, -0.2) is 0 Å². The van der Waals surface area contributed by atoms with Crippen LogP contribution in [-0.2, 0) is 16.9 Å². The molecule has 94 valence electrons. The van der Waals surface area contributed by atoms with Gasteiger partial charge in [0.25, 0.3) is 0 Å². The number of aliphatic hydroxyl groups is 1. The van der Waals surface area contributed by atoms with Crippen LogP contribution in [0.5, 0.6) is 0 Å². The standard InChI is InChI=1S/C12H19N3O2/c1-2-15-6-9(5-13-15)12(16)3-10-7-17-8-11(4-12)14-10/h5-6,10-11,14,16H,2-4,7-8H2,1H3. The lowest BCUT2D eigenvalue weighted by atomic mass is 9.79. The minimum atomic E-state index is -0.738. The van der Waals surface area contributed by atoms with E-state index in [0.717, 1.165) is 12.1 Å². The fourth-order valence-corrected chi connectivity index (χ4v) is 2.93. The Kier molecular flexibility index (Phi) is 2.69. The van der Waals surface area contributed by atoms with E-state index in [-0.39, 0.29) is 12.1 Å². The van der Waals surface area contributed by atoms with Crippen molar-refractivity contribution >= 4 is 0 Å². The van der Waals surface area contributed by atoms with Crippen LogP contribution in [0.2, 0.25) is 0 Å². The number of rotatable bonds is 2. The SMILES string of the molecule is CCn1cc(C2(O)CC3COCC(C2)N3)cn1. The van der Waals surface area contributed by atoms with Crippen molar-refractivity contribution in [1.82, 2.24) is 15.1 Å². The maximum absolute atomic E-state index is 10.8. The molecule has 2 saturated heterocycles. The van der Waals surface area contributed by atoms with Crippen molar-refractivity contribution in [2.24, 2.45) is 0 Å². The Labute approximate surface area is 101 Å². The molecule has 1 aromatic heterocycles. The second-order valence-corrected chi connectivity index (χ2v) is 5.12. The molecule has 2 bridgehead atoms. The molecule has 2 N–H and O–H groups in total. The third-order valence-electron chi connectivity index (χ3n) is 3.77. The van der Waals surface area contributed by atoms with Gasteiger partial charge >= 0.3 is 0 Å². The van der Waals surface area contributed by atoms with Crippen LogP contribution in [0.3, 0.4) is 0 Å². The lowest BCUT2D eigenvalue weighted by molar-refractivity contribution is -0.0802. The highest BCUT2D eigenvalue weighted by Gasteiger charge is 2.42. The number of piperidine rings is 1. The molecule has 5 nitrogen and oxygen atoms in total. The number of morpholine rings is 1. The molecule has 0 radical (unpaired) electrons. The van der Waals surface area contributed by atoms with Gasteiger partial charge in [0.15, 0.2) is 0 Å². The first-order chi connectivity index (χ1) is 8.19. The number of aryl methyl sites for hydroxylation is 1. The average molecular weight is 237 g/mol. The summed E-state index contributed by atoms with van der Waals surface area (Å²) in [4.78, 5) is 0. The van der Waals surface area contributed by atoms with Crippen LogP contribution in [0.4, 0.5) is 0 Å². The second-order valence-electron chi connectivity index (χ2n) is 5.12. The molecule has 0 aliphatic carbocycles. The Morgan fingerprint density at radius 1 is 1.53 bits per heavy atom. The molecule has 2 aliphatic rings. The highest BCUT2D eigenvalue weighted by molar-refractivity contribution is 5.18. The van der Waals surface area contributed by atoms with E-state index in [1.807, 2.05) is 17.8 Å². The van der Waals surface area contributed by atoms with Crippen molar-refractivity contribution < 1.29 is 9.84 Å². The third-order valence-corrected chi connectivity index (χ3v) is 3.77. The van der Waals surface area contributed by atoms with E-state index in [1.54, 1.807) is 6.20 Å². The number of ether oxygens (including phenoxy) is 1. The van der Waals surface area contributed by atoms with Crippen LogP contribution in [0.15, 0.2) is 12.4 Å². The zero-order valence-electron chi connectivity index (χ0n) is 10.1. The number of nitrogens with zero attached hydrogens (tertiary/aromatic N) is 2. The van der Waals surface area contributed by atoms with Gasteiger partial charge in [0.1, 0.15) is 0 Å². The molecule has 2 fully saturated rings. The molecule has 2 unspecified atom stereocenters. The van der Waals surface area contributed by atoms with E-state index < -0.39 is 5.60 Å².